The Labute approximate surface area is 190 Å². The monoisotopic (exact) mass is 442 g/mol. The number of carbonyl (C=O) groups excluding carboxylic acids is 2. The van der Waals surface area contributed by atoms with Crippen LogP contribution in [0.1, 0.15) is 16.2 Å². The molecule has 0 saturated carbocycles. The molecule has 4 rings (SSSR count). The molecule has 1 heterocycles. The Morgan fingerprint density at radius 2 is 1.48 bits per heavy atom. The van der Waals surface area contributed by atoms with Crippen LogP contribution < -0.4 is 20.7 Å². The predicted octanol–water partition coefficient (Wildman–Crippen LogP) is 4.48. The molecule has 1 aromatic heterocycles. The second-order valence-corrected chi connectivity index (χ2v) is 7.12. The summed E-state index contributed by atoms with van der Waals surface area (Å²) in [5, 5.41) is 16.4. The molecule has 3 N–H and O–H groups in total. The molecule has 0 aliphatic carbocycles. The van der Waals surface area contributed by atoms with E-state index in [0.29, 0.717) is 28.5 Å². The van der Waals surface area contributed by atoms with Crippen molar-refractivity contribution in [2.45, 2.75) is 6.92 Å². The minimum atomic E-state index is -0.410. The number of urea groups is 1. The van der Waals surface area contributed by atoms with E-state index in [1.165, 1.54) is 0 Å². The standard InChI is InChI=1S/C24H22N6O3/c1-16-22(28-29-30(16)20-12-7-13-21(15-20)33-2)23(31)25-18-10-6-11-19(14-18)27-24(32)26-17-8-4-3-5-9-17/h3-15H,1-2H3,(H,25,31)(H2,26,27,32). The van der Waals surface area contributed by atoms with Gasteiger partial charge in [-0.05, 0) is 49.4 Å². The maximum Gasteiger partial charge on any atom is 0.323 e. The maximum atomic E-state index is 12.8. The number of benzene rings is 3. The van der Waals surface area contributed by atoms with Crippen LogP contribution in [0.2, 0.25) is 0 Å². The number of hydrogen-bond acceptors (Lipinski definition) is 5. The SMILES string of the molecule is COc1cccc(-n2nnc(C(=O)Nc3cccc(NC(=O)Nc4ccccc4)c3)c2C)c1. The second-order valence-electron chi connectivity index (χ2n) is 7.12. The first-order valence-electron chi connectivity index (χ1n) is 10.1. The van der Waals surface area contributed by atoms with Crippen molar-refractivity contribution in [2.24, 2.45) is 0 Å². The molecule has 3 aromatic carbocycles. The van der Waals surface area contributed by atoms with Crippen molar-refractivity contribution in [3.63, 3.8) is 0 Å². The normalized spacial score (nSPS) is 10.4. The van der Waals surface area contributed by atoms with Crippen LogP contribution in [0.15, 0.2) is 78.9 Å². The molecule has 166 valence electrons. The van der Waals surface area contributed by atoms with Gasteiger partial charge in [-0.25, -0.2) is 9.48 Å². The molecular formula is C24H22N6O3. The predicted molar refractivity (Wildman–Crippen MR) is 126 cm³/mol. The number of anilines is 3. The molecule has 0 saturated heterocycles. The van der Waals surface area contributed by atoms with E-state index < -0.39 is 5.91 Å². The van der Waals surface area contributed by atoms with Gasteiger partial charge >= 0.3 is 6.03 Å². The van der Waals surface area contributed by atoms with Gasteiger partial charge in [0.2, 0.25) is 0 Å². The van der Waals surface area contributed by atoms with Crippen molar-refractivity contribution in [1.29, 1.82) is 0 Å². The number of methoxy groups -OCH3 is 1. The smallest absolute Gasteiger partial charge is 0.323 e. The van der Waals surface area contributed by atoms with Crippen LogP contribution in [0, 0.1) is 6.92 Å². The van der Waals surface area contributed by atoms with Gasteiger partial charge in [0.1, 0.15) is 5.75 Å². The summed E-state index contributed by atoms with van der Waals surface area (Å²) < 4.78 is 6.82. The zero-order valence-corrected chi connectivity index (χ0v) is 18.1. The molecule has 9 nitrogen and oxygen atoms in total. The quantitative estimate of drug-likeness (QED) is 0.408. The third-order valence-electron chi connectivity index (χ3n) is 4.82. The highest BCUT2D eigenvalue weighted by Crippen LogP contribution is 2.20. The van der Waals surface area contributed by atoms with Crippen molar-refractivity contribution < 1.29 is 14.3 Å². The van der Waals surface area contributed by atoms with Gasteiger partial charge in [-0.3, -0.25) is 4.79 Å². The minimum absolute atomic E-state index is 0.193. The van der Waals surface area contributed by atoms with Gasteiger partial charge in [0, 0.05) is 23.1 Å². The molecule has 4 aromatic rings. The number of nitrogens with one attached hydrogen (secondary N) is 3. The lowest BCUT2D eigenvalue weighted by Crippen LogP contribution is -2.19. The summed E-state index contributed by atoms with van der Waals surface area (Å²) in [6.45, 7) is 1.76. The van der Waals surface area contributed by atoms with Crippen LogP contribution in [0.3, 0.4) is 0 Å². The van der Waals surface area contributed by atoms with Crippen LogP contribution in [0.25, 0.3) is 5.69 Å². The lowest BCUT2D eigenvalue weighted by Gasteiger charge is -2.10. The van der Waals surface area contributed by atoms with Crippen molar-refractivity contribution in [2.75, 3.05) is 23.1 Å². The number of nitrogens with zero attached hydrogens (tertiary/aromatic N) is 3. The Kier molecular flexibility index (Phi) is 6.31. The highest BCUT2D eigenvalue weighted by molar-refractivity contribution is 6.04. The molecule has 0 atom stereocenters. The van der Waals surface area contributed by atoms with Crippen molar-refractivity contribution >= 4 is 29.0 Å². The van der Waals surface area contributed by atoms with Crippen molar-refractivity contribution in [3.05, 3.63) is 90.3 Å². The lowest BCUT2D eigenvalue weighted by molar-refractivity contribution is 0.102. The molecule has 0 spiro atoms. The van der Waals surface area contributed by atoms with Crippen molar-refractivity contribution in [1.82, 2.24) is 15.0 Å². The molecule has 0 radical (unpaired) electrons. The van der Waals surface area contributed by atoms with E-state index in [1.54, 1.807) is 61.2 Å². The average Bonchev–Trinajstić information content (AvgIpc) is 3.21. The third-order valence-corrected chi connectivity index (χ3v) is 4.82. The highest BCUT2D eigenvalue weighted by Gasteiger charge is 2.18. The first kappa shape index (κ1) is 21.6. The number of rotatable bonds is 6. The number of para-hydroxylation sites is 1. The Hall–Kier alpha value is -4.66. The molecule has 0 bridgehead atoms. The van der Waals surface area contributed by atoms with Crippen LogP contribution in [0.4, 0.5) is 21.9 Å². The van der Waals surface area contributed by atoms with Crippen LogP contribution in [-0.2, 0) is 0 Å². The zero-order valence-electron chi connectivity index (χ0n) is 18.1. The molecular weight excluding hydrogens is 420 g/mol. The van der Waals surface area contributed by atoms with Crippen LogP contribution >= 0.6 is 0 Å². The molecule has 9 heteroatoms. The topological polar surface area (TPSA) is 110 Å². The molecule has 3 amide bonds. The van der Waals surface area contributed by atoms with Gasteiger partial charge in [0.15, 0.2) is 5.69 Å². The van der Waals surface area contributed by atoms with E-state index in [4.69, 9.17) is 4.74 Å². The third kappa shape index (κ3) is 5.16. The fraction of sp³-hybridized carbons (Fsp3) is 0.0833. The number of aromatic nitrogens is 3. The summed E-state index contributed by atoms with van der Waals surface area (Å²) in [5.41, 5.74) is 3.21. The van der Waals surface area contributed by atoms with E-state index in [9.17, 15) is 9.59 Å². The number of carbonyl (C=O) groups is 2. The summed E-state index contributed by atoms with van der Waals surface area (Å²) >= 11 is 0. The summed E-state index contributed by atoms with van der Waals surface area (Å²) in [6, 6.07) is 22.9. The highest BCUT2D eigenvalue weighted by atomic mass is 16.5. The maximum absolute atomic E-state index is 12.8. The largest absolute Gasteiger partial charge is 0.497 e. The fourth-order valence-corrected chi connectivity index (χ4v) is 3.21. The molecule has 0 aliphatic rings. The summed E-state index contributed by atoms with van der Waals surface area (Å²) in [6.07, 6.45) is 0. The van der Waals surface area contributed by atoms with Gasteiger partial charge in [-0.1, -0.05) is 35.5 Å². The summed E-state index contributed by atoms with van der Waals surface area (Å²) in [7, 11) is 1.58. The Morgan fingerprint density at radius 1 is 0.818 bits per heavy atom. The molecule has 33 heavy (non-hydrogen) atoms. The minimum Gasteiger partial charge on any atom is -0.497 e. The van der Waals surface area contributed by atoms with Gasteiger partial charge < -0.3 is 20.7 Å². The second kappa shape index (κ2) is 9.65. The fourth-order valence-electron chi connectivity index (χ4n) is 3.21. The van der Waals surface area contributed by atoms with Gasteiger partial charge in [0.05, 0.1) is 18.5 Å². The Morgan fingerprint density at radius 3 is 2.24 bits per heavy atom. The van der Waals surface area contributed by atoms with Gasteiger partial charge in [-0.15, -0.1) is 5.10 Å². The molecule has 0 unspecified atom stereocenters. The molecule has 0 aliphatic heterocycles. The zero-order chi connectivity index (χ0) is 23.2. The first-order chi connectivity index (χ1) is 16.0. The van der Waals surface area contributed by atoms with Crippen LogP contribution in [0.5, 0.6) is 5.75 Å². The Bertz CT molecular complexity index is 1290. The summed E-state index contributed by atoms with van der Waals surface area (Å²) in [5.74, 6) is 0.265. The Balaban J connectivity index is 1.45. The number of amides is 3. The van der Waals surface area contributed by atoms with E-state index in [2.05, 4.69) is 26.3 Å². The average molecular weight is 442 g/mol. The van der Waals surface area contributed by atoms with E-state index in [0.717, 1.165) is 5.69 Å². The first-order valence-corrected chi connectivity index (χ1v) is 10.1. The lowest BCUT2D eigenvalue weighted by atomic mass is 10.2. The molecule has 0 fully saturated rings. The van der Waals surface area contributed by atoms with E-state index in [1.807, 2.05) is 36.4 Å². The van der Waals surface area contributed by atoms with Crippen molar-refractivity contribution in [3.8, 4) is 11.4 Å². The van der Waals surface area contributed by atoms with E-state index >= 15 is 0 Å². The number of hydrogen-bond donors (Lipinski definition) is 3. The van der Waals surface area contributed by atoms with Crippen LogP contribution in [-0.4, -0.2) is 34.0 Å². The van der Waals surface area contributed by atoms with E-state index in [-0.39, 0.29) is 11.7 Å². The van der Waals surface area contributed by atoms with Gasteiger partial charge in [-0.2, -0.15) is 0 Å². The summed E-state index contributed by atoms with van der Waals surface area (Å²) in [4.78, 5) is 25.1. The van der Waals surface area contributed by atoms with Gasteiger partial charge in [0.25, 0.3) is 5.91 Å². The number of ether oxygens (including phenoxy) is 1.